The first-order chi connectivity index (χ1) is 15.0. The second-order valence-corrected chi connectivity index (χ2v) is 8.86. The van der Waals surface area contributed by atoms with E-state index in [9.17, 15) is 9.46 Å². The molecule has 0 aliphatic heterocycles. The Morgan fingerprint density at radius 1 is 0.613 bits per heavy atom. The van der Waals surface area contributed by atoms with Crippen LogP contribution in [0.5, 0.6) is 0 Å². The van der Waals surface area contributed by atoms with Crippen molar-refractivity contribution >= 4 is 7.82 Å². The molecule has 0 amide bonds. The maximum Gasteiger partial charge on any atom is 0.476 e. The highest BCUT2D eigenvalue weighted by Gasteiger charge is 2.31. The zero-order chi connectivity index (χ0) is 23.2. The van der Waals surface area contributed by atoms with Gasteiger partial charge in [-0.3, -0.25) is 9.05 Å². The molecule has 0 aliphatic carbocycles. The third kappa shape index (κ3) is 20.3. The Kier molecular flexibility index (Phi) is 21.7. The van der Waals surface area contributed by atoms with Gasteiger partial charge in [0.25, 0.3) is 0 Å². The lowest BCUT2D eigenvalue weighted by Crippen LogP contribution is -2.24. The average Bonchev–Trinajstić information content (AvgIpc) is 2.73. The van der Waals surface area contributed by atoms with Gasteiger partial charge in [0.2, 0.25) is 0 Å². The third-order valence-electron chi connectivity index (χ3n) is 4.39. The molecule has 0 aromatic heterocycles. The minimum Gasteiger partial charge on any atom is -0.381 e. The van der Waals surface area contributed by atoms with Crippen LogP contribution in [-0.4, -0.2) is 57.1 Å². The highest BCUT2D eigenvalue weighted by Crippen LogP contribution is 2.47. The summed E-state index contributed by atoms with van der Waals surface area (Å²) in [6.07, 6.45) is 6.59. The standard InChI is InChI=1S/C22H47O8P/c1-5-9-15-25-19-13-21(27-17-11-7-3)29-31(23,24)30-22(28-18-12-8-4)14-20-26-16-10-6-2/h21-22H,5-20H2,1-4H3,(H,23,24). The van der Waals surface area contributed by atoms with Crippen LogP contribution < -0.4 is 0 Å². The first-order valence-corrected chi connectivity index (χ1v) is 13.6. The van der Waals surface area contributed by atoms with E-state index in [0.717, 1.165) is 51.4 Å². The number of unbranched alkanes of at least 4 members (excludes halogenated alkanes) is 4. The first kappa shape index (κ1) is 30.9. The average molecular weight is 471 g/mol. The Balaban J connectivity index is 4.69. The molecule has 0 rings (SSSR count). The summed E-state index contributed by atoms with van der Waals surface area (Å²) in [5, 5.41) is 0. The van der Waals surface area contributed by atoms with Crippen molar-refractivity contribution in [3.63, 3.8) is 0 Å². The van der Waals surface area contributed by atoms with Gasteiger partial charge < -0.3 is 23.8 Å². The van der Waals surface area contributed by atoms with Crippen molar-refractivity contribution in [2.24, 2.45) is 0 Å². The van der Waals surface area contributed by atoms with Crippen molar-refractivity contribution < 1.29 is 37.5 Å². The van der Waals surface area contributed by atoms with Crippen LogP contribution in [0.25, 0.3) is 0 Å². The van der Waals surface area contributed by atoms with Gasteiger partial charge in [0.15, 0.2) is 12.6 Å². The van der Waals surface area contributed by atoms with E-state index in [-0.39, 0.29) is 0 Å². The van der Waals surface area contributed by atoms with Crippen LogP contribution in [0.15, 0.2) is 0 Å². The lowest BCUT2D eigenvalue weighted by molar-refractivity contribution is -0.141. The van der Waals surface area contributed by atoms with E-state index in [4.69, 9.17) is 28.0 Å². The van der Waals surface area contributed by atoms with Gasteiger partial charge in [-0.2, -0.15) is 0 Å². The second kappa shape index (κ2) is 21.8. The molecule has 0 saturated carbocycles. The van der Waals surface area contributed by atoms with Crippen LogP contribution in [-0.2, 0) is 32.6 Å². The Bertz CT molecular complexity index is 390. The molecule has 0 heterocycles. The van der Waals surface area contributed by atoms with Crippen molar-refractivity contribution in [3.8, 4) is 0 Å². The molecule has 2 unspecified atom stereocenters. The lowest BCUT2D eigenvalue weighted by atomic mass is 10.3. The normalized spacial score (nSPS) is 15.6. The molecule has 188 valence electrons. The molecule has 0 fully saturated rings. The van der Waals surface area contributed by atoms with Crippen molar-refractivity contribution in [2.75, 3.05) is 39.6 Å². The summed E-state index contributed by atoms with van der Waals surface area (Å²) >= 11 is 0. The van der Waals surface area contributed by atoms with Crippen molar-refractivity contribution in [3.05, 3.63) is 0 Å². The van der Waals surface area contributed by atoms with Crippen LogP contribution >= 0.6 is 7.82 Å². The molecule has 31 heavy (non-hydrogen) atoms. The predicted molar refractivity (Wildman–Crippen MR) is 122 cm³/mol. The van der Waals surface area contributed by atoms with Gasteiger partial charge in [-0.1, -0.05) is 53.4 Å². The van der Waals surface area contributed by atoms with E-state index in [1.165, 1.54) is 0 Å². The van der Waals surface area contributed by atoms with Crippen molar-refractivity contribution in [1.82, 2.24) is 0 Å². The zero-order valence-electron chi connectivity index (χ0n) is 20.2. The number of phosphoric ester groups is 1. The molecule has 1 N–H and O–H groups in total. The number of rotatable bonds is 24. The van der Waals surface area contributed by atoms with Crippen molar-refractivity contribution in [2.45, 2.75) is 104 Å². The maximum absolute atomic E-state index is 12.6. The molecule has 0 aromatic carbocycles. The Labute approximate surface area is 189 Å². The van der Waals surface area contributed by atoms with E-state index in [0.29, 0.717) is 52.5 Å². The molecular formula is C22H47O8P. The lowest BCUT2D eigenvalue weighted by Gasteiger charge is -2.25. The van der Waals surface area contributed by atoms with Gasteiger partial charge in [0.05, 0.1) is 13.2 Å². The fourth-order valence-electron chi connectivity index (χ4n) is 2.43. The Morgan fingerprint density at radius 2 is 0.968 bits per heavy atom. The van der Waals surface area contributed by atoms with E-state index >= 15 is 0 Å². The topological polar surface area (TPSA) is 92.7 Å². The highest BCUT2D eigenvalue weighted by atomic mass is 31.2. The van der Waals surface area contributed by atoms with Crippen LogP contribution in [0.4, 0.5) is 0 Å². The molecule has 0 saturated heterocycles. The first-order valence-electron chi connectivity index (χ1n) is 12.1. The van der Waals surface area contributed by atoms with E-state index in [1.54, 1.807) is 0 Å². The predicted octanol–water partition coefficient (Wildman–Crippen LogP) is 5.82. The summed E-state index contributed by atoms with van der Waals surface area (Å²) in [5.41, 5.74) is 0. The van der Waals surface area contributed by atoms with Gasteiger partial charge in [-0.05, 0) is 25.7 Å². The van der Waals surface area contributed by atoms with Gasteiger partial charge in [0.1, 0.15) is 0 Å². The molecule has 8 nitrogen and oxygen atoms in total. The SMILES string of the molecule is CCCCOCCC(OCCCC)OP(=O)(O)OC(CCOCCCC)OCCCC. The maximum atomic E-state index is 12.6. The Hall–Kier alpha value is -0.0500. The summed E-state index contributed by atoms with van der Waals surface area (Å²) in [4.78, 5) is 10.3. The summed E-state index contributed by atoms with van der Waals surface area (Å²) in [6.45, 7) is 11.2. The van der Waals surface area contributed by atoms with Crippen LogP contribution in [0.1, 0.15) is 91.9 Å². The second-order valence-electron chi connectivity index (χ2n) is 7.50. The summed E-state index contributed by atoms with van der Waals surface area (Å²) in [6, 6.07) is 0. The van der Waals surface area contributed by atoms with Crippen LogP contribution in [0.3, 0.4) is 0 Å². The quantitative estimate of drug-likeness (QED) is 0.107. The Morgan fingerprint density at radius 3 is 1.32 bits per heavy atom. The van der Waals surface area contributed by atoms with E-state index in [2.05, 4.69) is 13.8 Å². The minimum absolute atomic E-state index is 0.350. The number of hydrogen-bond acceptors (Lipinski definition) is 7. The fourth-order valence-corrected chi connectivity index (χ4v) is 3.41. The van der Waals surface area contributed by atoms with Crippen LogP contribution in [0, 0.1) is 0 Å². The molecular weight excluding hydrogens is 423 g/mol. The molecule has 0 aromatic rings. The fraction of sp³-hybridized carbons (Fsp3) is 1.00. The summed E-state index contributed by atoms with van der Waals surface area (Å²) < 4.78 is 45.7. The van der Waals surface area contributed by atoms with Gasteiger partial charge >= 0.3 is 7.82 Å². The molecule has 9 heteroatoms. The number of hydrogen-bond donors (Lipinski definition) is 1. The van der Waals surface area contributed by atoms with Crippen molar-refractivity contribution in [1.29, 1.82) is 0 Å². The highest BCUT2D eigenvalue weighted by molar-refractivity contribution is 7.47. The number of phosphoric acid groups is 1. The molecule has 0 radical (unpaired) electrons. The van der Waals surface area contributed by atoms with E-state index in [1.807, 2.05) is 13.8 Å². The molecule has 2 atom stereocenters. The molecule has 0 spiro atoms. The molecule has 0 bridgehead atoms. The monoisotopic (exact) mass is 470 g/mol. The van der Waals surface area contributed by atoms with Gasteiger partial charge in [0, 0.05) is 39.3 Å². The summed E-state index contributed by atoms with van der Waals surface area (Å²) in [5.74, 6) is 0. The third-order valence-corrected chi connectivity index (χ3v) is 5.39. The largest absolute Gasteiger partial charge is 0.476 e. The zero-order valence-corrected chi connectivity index (χ0v) is 21.1. The molecule has 0 aliphatic rings. The summed E-state index contributed by atoms with van der Waals surface area (Å²) in [7, 11) is -4.39. The minimum atomic E-state index is -4.39. The van der Waals surface area contributed by atoms with Crippen LogP contribution in [0.2, 0.25) is 0 Å². The number of ether oxygens (including phenoxy) is 4. The van der Waals surface area contributed by atoms with E-state index < -0.39 is 20.4 Å². The smallest absolute Gasteiger partial charge is 0.381 e. The van der Waals surface area contributed by atoms with Gasteiger partial charge in [-0.15, -0.1) is 0 Å². The van der Waals surface area contributed by atoms with Gasteiger partial charge in [-0.25, -0.2) is 4.57 Å².